The molecule has 0 spiro atoms. The maximum Gasteiger partial charge on any atom is 0.127 e. The molecule has 0 fully saturated rings. The average molecular weight is 432 g/mol. The van der Waals surface area contributed by atoms with Crippen LogP contribution in [0.2, 0.25) is 5.02 Å². The molecule has 0 bridgehead atoms. The summed E-state index contributed by atoms with van der Waals surface area (Å²) in [6.07, 6.45) is 1.81. The molecule has 4 rings (SSSR count). The van der Waals surface area contributed by atoms with Crippen molar-refractivity contribution in [3.63, 3.8) is 0 Å². The summed E-state index contributed by atoms with van der Waals surface area (Å²) in [4.78, 5) is 4.41. The molecule has 4 nitrogen and oxygen atoms in total. The number of anilines is 1. The summed E-state index contributed by atoms with van der Waals surface area (Å²) in [7, 11) is 0. The van der Waals surface area contributed by atoms with Crippen LogP contribution in [0.25, 0.3) is 10.9 Å². The Hall–Kier alpha value is -3.08. The smallest absolute Gasteiger partial charge is 0.127 e. The highest BCUT2D eigenvalue weighted by molar-refractivity contribution is 6.31. The number of fused-ring (bicyclic) bond motifs is 1. The van der Waals surface area contributed by atoms with Crippen LogP contribution in [0.1, 0.15) is 19.4 Å². The first kappa shape index (κ1) is 21.2. The summed E-state index contributed by atoms with van der Waals surface area (Å²) < 4.78 is 5.87. The van der Waals surface area contributed by atoms with Gasteiger partial charge in [-0.15, -0.1) is 0 Å². The van der Waals surface area contributed by atoms with Gasteiger partial charge in [-0.2, -0.15) is 0 Å². The van der Waals surface area contributed by atoms with Crippen molar-refractivity contribution in [2.75, 3.05) is 11.9 Å². The first-order valence-corrected chi connectivity index (χ1v) is 10.7. The molecule has 0 radical (unpaired) electrons. The zero-order valence-corrected chi connectivity index (χ0v) is 18.5. The van der Waals surface area contributed by atoms with Crippen LogP contribution in [-0.2, 0) is 6.54 Å². The molecule has 3 aromatic carbocycles. The van der Waals surface area contributed by atoms with Gasteiger partial charge in [-0.3, -0.25) is 4.98 Å². The predicted octanol–water partition coefficient (Wildman–Crippen LogP) is 6.66. The standard InChI is InChI=1S/C26H26ClN3O/c1-26(2,18-29-24-14-15-28-25-16-20(27)10-13-23(24)25)30-17-19-8-11-22(12-9-19)31-21-6-4-3-5-7-21/h3-16,30H,17-18H2,1-2H3,(H,28,29). The number of benzene rings is 3. The van der Waals surface area contributed by atoms with Crippen LogP contribution >= 0.6 is 11.6 Å². The summed E-state index contributed by atoms with van der Waals surface area (Å²) in [5.41, 5.74) is 3.04. The zero-order valence-electron chi connectivity index (χ0n) is 17.7. The third-order valence-electron chi connectivity index (χ3n) is 5.10. The molecule has 158 valence electrons. The van der Waals surface area contributed by atoms with Gasteiger partial charge in [0.2, 0.25) is 0 Å². The van der Waals surface area contributed by atoms with Crippen molar-refractivity contribution in [1.29, 1.82) is 0 Å². The Kier molecular flexibility index (Phi) is 6.40. The van der Waals surface area contributed by atoms with Crippen LogP contribution in [0.4, 0.5) is 5.69 Å². The van der Waals surface area contributed by atoms with E-state index in [9.17, 15) is 0 Å². The van der Waals surface area contributed by atoms with E-state index in [4.69, 9.17) is 16.3 Å². The monoisotopic (exact) mass is 431 g/mol. The van der Waals surface area contributed by atoms with Gasteiger partial charge in [-0.25, -0.2) is 0 Å². The minimum atomic E-state index is -0.110. The fourth-order valence-corrected chi connectivity index (χ4v) is 3.46. The molecule has 2 N–H and O–H groups in total. The molecule has 5 heteroatoms. The lowest BCUT2D eigenvalue weighted by Gasteiger charge is -2.27. The van der Waals surface area contributed by atoms with Crippen LogP contribution < -0.4 is 15.4 Å². The summed E-state index contributed by atoms with van der Waals surface area (Å²) in [6, 6.07) is 25.8. The first-order valence-electron chi connectivity index (χ1n) is 10.3. The molecule has 0 saturated heterocycles. The van der Waals surface area contributed by atoms with Crippen molar-refractivity contribution < 1.29 is 4.74 Å². The number of ether oxygens (including phenoxy) is 1. The van der Waals surface area contributed by atoms with Crippen LogP contribution in [-0.4, -0.2) is 17.1 Å². The number of rotatable bonds is 8. The van der Waals surface area contributed by atoms with E-state index < -0.39 is 0 Å². The van der Waals surface area contributed by atoms with Gasteiger partial charge < -0.3 is 15.4 Å². The van der Waals surface area contributed by atoms with Crippen molar-refractivity contribution in [1.82, 2.24) is 10.3 Å². The summed E-state index contributed by atoms with van der Waals surface area (Å²) in [5, 5.41) is 8.95. The lowest BCUT2D eigenvalue weighted by atomic mass is 10.0. The highest BCUT2D eigenvalue weighted by Gasteiger charge is 2.17. The van der Waals surface area contributed by atoms with Crippen molar-refractivity contribution >= 4 is 28.2 Å². The average Bonchev–Trinajstić information content (AvgIpc) is 2.78. The van der Waals surface area contributed by atoms with Gasteiger partial charge in [0.1, 0.15) is 11.5 Å². The number of para-hydroxylation sites is 1. The van der Waals surface area contributed by atoms with Crippen LogP contribution in [0.3, 0.4) is 0 Å². The van der Waals surface area contributed by atoms with E-state index in [1.165, 1.54) is 5.56 Å². The molecular weight excluding hydrogens is 406 g/mol. The second-order valence-electron chi connectivity index (χ2n) is 8.17. The van der Waals surface area contributed by atoms with Crippen LogP contribution in [0.15, 0.2) is 85.1 Å². The van der Waals surface area contributed by atoms with Gasteiger partial charge in [-0.05, 0) is 67.9 Å². The van der Waals surface area contributed by atoms with Crippen molar-refractivity contribution in [3.05, 3.63) is 95.6 Å². The number of hydrogen-bond donors (Lipinski definition) is 2. The van der Waals surface area contributed by atoms with E-state index in [0.717, 1.165) is 41.2 Å². The highest BCUT2D eigenvalue weighted by Crippen LogP contribution is 2.25. The van der Waals surface area contributed by atoms with Crippen molar-refractivity contribution in [2.24, 2.45) is 0 Å². The number of halogens is 1. The Morgan fingerprint density at radius 2 is 1.65 bits per heavy atom. The van der Waals surface area contributed by atoms with E-state index in [-0.39, 0.29) is 5.54 Å². The molecule has 0 saturated carbocycles. The second-order valence-corrected chi connectivity index (χ2v) is 8.61. The fraction of sp³-hybridized carbons (Fsp3) is 0.192. The van der Waals surface area contributed by atoms with E-state index >= 15 is 0 Å². The minimum absolute atomic E-state index is 0.110. The molecule has 0 aliphatic heterocycles. The number of hydrogen-bond acceptors (Lipinski definition) is 4. The lowest BCUT2D eigenvalue weighted by Crippen LogP contribution is -2.44. The van der Waals surface area contributed by atoms with E-state index in [1.807, 2.05) is 66.7 Å². The molecule has 1 aromatic heterocycles. The zero-order chi connectivity index (χ0) is 21.7. The molecule has 0 aliphatic carbocycles. The lowest BCUT2D eigenvalue weighted by molar-refractivity contribution is 0.407. The third-order valence-corrected chi connectivity index (χ3v) is 5.33. The predicted molar refractivity (Wildman–Crippen MR) is 129 cm³/mol. The largest absolute Gasteiger partial charge is 0.457 e. The number of nitrogens with one attached hydrogen (secondary N) is 2. The van der Waals surface area contributed by atoms with E-state index in [1.54, 1.807) is 6.20 Å². The normalized spacial score (nSPS) is 11.5. The molecule has 0 amide bonds. The quantitative estimate of drug-likeness (QED) is 0.327. The highest BCUT2D eigenvalue weighted by atomic mass is 35.5. The maximum atomic E-state index is 6.09. The summed E-state index contributed by atoms with van der Waals surface area (Å²) in [5.74, 6) is 1.67. The first-order chi connectivity index (χ1) is 15.0. The van der Waals surface area contributed by atoms with Crippen LogP contribution in [0, 0.1) is 0 Å². The number of pyridine rings is 1. The molecule has 31 heavy (non-hydrogen) atoms. The fourth-order valence-electron chi connectivity index (χ4n) is 3.30. The topological polar surface area (TPSA) is 46.2 Å². The SMILES string of the molecule is CC(C)(CNc1ccnc2cc(Cl)ccc12)NCc1ccc(Oc2ccccc2)cc1. The molecule has 0 atom stereocenters. The van der Waals surface area contributed by atoms with Crippen LogP contribution in [0.5, 0.6) is 11.5 Å². The molecule has 1 heterocycles. The third kappa shape index (κ3) is 5.75. The maximum absolute atomic E-state index is 6.09. The Balaban J connectivity index is 1.33. The molecule has 0 aliphatic rings. The Bertz CT molecular complexity index is 1140. The minimum Gasteiger partial charge on any atom is -0.457 e. The van der Waals surface area contributed by atoms with Crippen molar-refractivity contribution in [3.8, 4) is 11.5 Å². The van der Waals surface area contributed by atoms with Gasteiger partial charge in [0.05, 0.1) is 5.52 Å². The molecule has 0 unspecified atom stereocenters. The van der Waals surface area contributed by atoms with E-state index in [2.05, 4.69) is 41.6 Å². The Labute approximate surface area is 188 Å². The van der Waals surface area contributed by atoms with Gasteiger partial charge in [0.25, 0.3) is 0 Å². The Morgan fingerprint density at radius 1 is 0.903 bits per heavy atom. The number of nitrogens with zero attached hydrogens (tertiary/aromatic N) is 1. The number of aromatic nitrogens is 1. The van der Waals surface area contributed by atoms with E-state index in [0.29, 0.717) is 5.02 Å². The van der Waals surface area contributed by atoms with Gasteiger partial charge in [-0.1, -0.05) is 41.9 Å². The van der Waals surface area contributed by atoms with Gasteiger partial charge in [0.15, 0.2) is 0 Å². The molecular formula is C26H26ClN3O. The van der Waals surface area contributed by atoms with Gasteiger partial charge >= 0.3 is 0 Å². The Morgan fingerprint density at radius 3 is 2.42 bits per heavy atom. The summed E-state index contributed by atoms with van der Waals surface area (Å²) in [6.45, 7) is 5.91. The van der Waals surface area contributed by atoms with Gasteiger partial charge in [0, 0.05) is 40.9 Å². The summed E-state index contributed by atoms with van der Waals surface area (Å²) >= 11 is 6.09. The second kappa shape index (κ2) is 9.38. The molecule has 4 aromatic rings. The van der Waals surface area contributed by atoms with Crippen molar-refractivity contribution in [2.45, 2.75) is 25.9 Å².